The van der Waals surface area contributed by atoms with Crippen LogP contribution >= 0.6 is 0 Å². The Morgan fingerprint density at radius 1 is 1.15 bits per heavy atom. The summed E-state index contributed by atoms with van der Waals surface area (Å²) < 4.78 is 17.2. The van der Waals surface area contributed by atoms with Gasteiger partial charge in [0.05, 0.1) is 42.1 Å². The summed E-state index contributed by atoms with van der Waals surface area (Å²) in [5.41, 5.74) is -3.52. The van der Waals surface area contributed by atoms with Crippen molar-refractivity contribution in [2.24, 2.45) is 0 Å². The summed E-state index contributed by atoms with van der Waals surface area (Å²) in [6.45, 7) is 0.631. The number of ketones is 3. The molecule has 1 fully saturated rings. The third-order valence-electron chi connectivity index (χ3n) is 8.13. The molecule has 214 valence electrons. The molecule has 1 saturated heterocycles. The van der Waals surface area contributed by atoms with Gasteiger partial charge >= 0.3 is 0 Å². The van der Waals surface area contributed by atoms with Crippen molar-refractivity contribution in [3.8, 4) is 17.2 Å². The van der Waals surface area contributed by atoms with Crippen molar-refractivity contribution in [2.45, 2.75) is 62.4 Å². The second kappa shape index (κ2) is 10.2. The highest BCUT2D eigenvalue weighted by Gasteiger charge is 2.50. The molecule has 6 atom stereocenters. The maximum atomic E-state index is 13.7. The minimum atomic E-state index is -2.23. The smallest absolute Gasteiger partial charge is 0.202 e. The normalized spacial score (nSPS) is 29.4. The molecule has 3 aliphatic rings. The maximum absolute atomic E-state index is 13.7. The first-order valence-corrected chi connectivity index (χ1v) is 12.9. The van der Waals surface area contributed by atoms with Crippen molar-refractivity contribution >= 4 is 17.3 Å². The van der Waals surface area contributed by atoms with E-state index in [0.29, 0.717) is 0 Å². The molecule has 2 aliphatic carbocycles. The quantitative estimate of drug-likeness (QED) is 0.227. The van der Waals surface area contributed by atoms with Crippen molar-refractivity contribution in [3.63, 3.8) is 0 Å². The van der Waals surface area contributed by atoms with Gasteiger partial charge in [0.15, 0.2) is 17.9 Å². The molecule has 0 amide bonds. The summed E-state index contributed by atoms with van der Waals surface area (Å²) in [4.78, 5) is 39.9. The summed E-state index contributed by atoms with van der Waals surface area (Å²) in [5.74, 6) is -3.69. The number of aliphatic hydroxyl groups excluding tert-OH is 2. The Morgan fingerprint density at radius 2 is 1.85 bits per heavy atom. The minimum absolute atomic E-state index is 0.0435. The van der Waals surface area contributed by atoms with Gasteiger partial charge in [-0.15, -0.1) is 0 Å². The molecule has 0 spiro atoms. The first-order valence-electron chi connectivity index (χ1n) is 12.9. The summed E-state index contributed by atoms with van der Waals surface area (Å²) in [7, 11) is 2.99. The van der Waals surface area contributed by atoms with Crippen LogP contribution in [0.3, 0.4) is 0 Å². The van der Waals surface area contributed by atoms with Crippen LogP contribution in [-0.4, -0.2) is 93.8 Å². The zero-order valence-electron chi connectivity index (χ0n) is 22.1. The Labute approximate surface area is 229 Å². The number of phenols is 2. The first kappa shape index (κ1) is 28.1. The summed E-state index contributed by atoms with van der Waals surface area (Å²) in [6.07, 6.45) is -4.66. The van der Waals surface area contributed by atoms with E-state index >= 15 is 0 Å². The van der Waals surface area contributed by atoms with Crippen LogP contribution in [0.4, 0.5) is 0 Å². The molecular weight excluding hydrogens is 526 g/mol. The molecule has 0 radical (unpaired) electrons. The van der Waals surface area contributed by atoms with Crippen molar-refractivity contribution in [1.82, 2.24) is 5.32 Å². The van der Waals surface area contributed by atoms with Gasteiger partial charge in [0.25, 0.3) is 0 Å². The number of aliphatic hydroxyl groups is 3. The predicted molar refractivity (Wildman–Crippen MR) is 137 cm³/mol. The molecule has 6 N–H and O–H groups in total. The van der Waals surface area contributed by atoms with Gasteiger partial charge in [-0.2, -0.15) is 0 Å². The number of nitrogens with one attached hydrogen (secondary N) is 1. The fourth-order valence-electron chi connectivity index (χ4n) is 6.00. The predicted octanol–water partition coefficient (Wildman–Crippen LogP) is 0.262. The van der Waals surface area contributed by atoms with Gasteiger partial charge in [-0.3, -0.25) is 14.4 Å². The summed E-state index contributed by atoms with van der Waals surface area (Å²) in [5, 5.41) is 57.1. The number of Topliss-reactive ketones (excluding diaryl/α,β-unsaturated/α-hetero) is 1. The lowest BCUT2D eigenvalue weighted by Crippen LogP contribution is -2.53. The number of phenolic OH excluding ortho intramolecular Hbond substituents is 2. The van der Waals surface area contributed by atoms with E-state index in [1.54, 1.807) is 14.0 Å². The van der Waals surface area contributed by atoms with Crippen LogP contribution in [0.15, 0.2) is 18.2 Å². The second-order valence-electron chi connectivity index (χ2n) is 10.4. The van der Waals surface area contributed by atoms with Crippen LogP contribution in [0.25, 0.3) is 0 Å². The van der Waals surface area contributed by atoms with Crippen LogP contribution in [0, 0.1) is 0 Å². The van der Waals surface area contributed by atoms with Gasteiger partial charge in [0.1, 0.15) is 29.5 Å². The summed E-state index contributed by atoms with van der Waals surface area (Å²) >= 11 is 0. The average Bonchev–Trinajstić information content (AvgIpc) is 2.94. The van der Waals surface area contributed by atoms with E-state index in [-0.39, 0.29) is 34.4 Å². The summed E-state index contributed by atoms with van der Waals surface area (Å²) in [6, 6.07) is 3.96. The Morgan fingerprint density at radius 3 is 2.50 bits per heavy atom. The number of aromatic hydroxyl groups is 2. The zero-order valence-corrected chi connectivity index (χ0v) is 22.1. The fourth-order valence-corrected chi connectivity index (χ4v) is 6.00. The Kier molecular flexibility index (Phi) is 7.19. The number of carbonyl (C=O) groups is 3. The van der Waals surface area contributed by atoms with Gasteiger partial charge in [-0.1, -0.05) is 12.1 Å². The van der Waals surface area contributed by atoms with Gasteiger partial charge in [0.2, 0.25) is 5.78 Å². The highest BCUT2D eigenvalue weighted by atomic mass is 16.7. The maximum Gasteiger partial charge on any atom is 0.202 e. The molecule has 12 nitrogen and oxygen atoms in total. The number of carbonyl (C=O) groups excluding carboxylic acids is 3. The first-order chi connectivity index (χ1) is 19.0. The molecule has 1 aliphatic heterocycles. The fraction of sp³-hybridized carbons (Fsp3) is 0.464. The Balaban J connectivity index is 1.68. The highest BCUT2D eigenvalue weighted by Crippen LogP contribution is 2.52. The Bertz CT molecular complexity index is 1410. The van der Waals surface area contributed by atoms with Gasteiger partial charge in [0, 0.05) is 42.0 Å². The molecule has 0 bridgehead atoms. The van der Waals surface area contributed by atoms with Gasteiger partial charge in [-0.05, 0) is 20.0 Å². The van der Waals surface area contributed by atoms with E-state index in [1.807, 2.05) is 0 Å². The molecule has 0 saturated carbocycles. The molecule has 4 unspecified atom stereocenters. The molecule has 40 heavy (non-hydrogen) atoms. The molecule has 1 heterocycles. The number of rotatable bonds is 6. The number of methoxy groups -OCH3 is 1. The standard InChI is InChI=1S/C28H31NO11/c1-11-23(32)14(29-2)7-18(39-11)40-16-9-28(37,17(31)10-30)8-13-20(16)27(36)22-21(25(13)34)24(33)12-5-4-6-15(38-3)19(12)26(22)35/h4-6,11,14,16,18,23,29-30,32,34,36-37H,7-10H2,1-3H3/t11?,14?,16-,18?,23?,28-/m0/s1. The lowest BCUT2D eigenvalue weighted by atomic mass is 9.72. The molecule has 0 aromatic heterocycles. The van der Waals surface area contributed by atoms with E-state index in [2.05, 4.69) is 5.32 Å². The van der Waals surface area contributed by atoms with Crippen LogP contribution in [0.5, 0.6) is 17.2 Å². The van der Waals surface area contributed by atoms with E-state index in [1.165, 1.54) is 25.3 Å². The monoisotopic (exact) mass is 557 g/mol. The van der Waals surface area contributed by atoms with Crippen molar-refractivity contribution in [3.05, 3.63) is 51.6 Å². The second-order valence-corrected chi connectivity index (χ2v) is 10.4. The van der Waals surface area contributed by atoms with Crippen LogP contribution in [-0.2, 0) is 20.7 Å². The van der Waals surface area contributed by atoms with Crippen LogP contribution < -0.4 is 10.1 Å². The van der Waals surface area contributed by atoms with Crippen LogP contribution in [0.2, 0.25) is 0 Å². The number of ether oxygens (including phenoxy) is 3. The van der Waals surface area contributed by atoms with Crippen LogP contribution in [0.1, 0.15) is 68.8 Å². The van der Waals surface area contributed by atoms with Gasteiger partial charge in [-0.25, -0.2) is 0 Å². The van der Waals surface area contributed by atoms with Crippen molar-refractivity contribution in [2.75, 3.05) is 20.8 Å². The zero-order chi connectivity index (χ0) is 29.1. The molecule has 2 aromatic rings. The molecule has 5 rings (SSSR count). The van der Waals surface area contributed by atoms with E-state index in [0.717, 1.165) is 0 Å². The van der Waals surface area contributed by atoms with E-state index in [9.17, 15) is 39.9 Å². The average molecular weight is 558 g/mol. The lowest BCUT2D eigenvalue weighted by Gasteiger charge is -2.42. The highest BCUT2D eigenvalue weighted by molar-refractivity contribution is 6.31. The largest absolute Gasteiger partial charge is 0.507 e. The number of hydrogen-bond donors (Lipinski definition) is 6. The van der Waals surface area contributed by atoms with E-state index in [4.69, 9.17) is 14.2 Å². The van der Waals surface area contributed by atoms with Crippen molar-refractivity contribution < 1.29 is 54.1 Å². The number of hydrogen-bond acceptors (Lipinski definition) is 12. The minimum Gasteiger partial charge on any atom is -0.507 e. The number of fused-ring (bicyclic) bond motifs is 3. The SMILES string of the molecule is CNC1CC(O[C@H]2C[C@](O)(C(=O)CO)Cc3c(O)c4c(c(O)c32)C(=O)c2c(OC)cccc2C4=O)OC(C)C1O. The molecule has 2 aromatic carbocycles. The third kappa shape index (κ3) is 4.19. The lowest BCUT2D eigenvalue weighted by molar-refractivity contribution is -0.249. The number of benzene rings is 2. The topological polar surface area (TPSA) is 192 Å². The molecule has 12 heteroatoms. The third-order valence-corrected chi connectivity index (χ3v) is 8.13. The number of likely N-dealkylation sites (N-methyl/N-ethyl adjacent to an activating group) is 1. The molecular formula is C28H31NO11. The van der Waals surface area contributed by atoms with Gasteiger partial charge < -0.3 is 45.1 Å². The van der Waals surface area contributed by atoms with E-state index < -0.39 is 95.7 Å². The van der Waals surface area contributed by atoms with Crippen molar-refractivity contribution in [1.29, 1.82) is 0 Å². The Hall–Kier alpha value is -3.39.